The van der Waals surface area contributed by atoms with Crippen molar-refractivity contribution in [2.75, 3.05) is 0 Å². The van der Waals surface area contributed by atoms with Crippen LogP contribution in [0.4, 0.5) is 0 Å². The molecule has 4 nitrogen and oxygen atoms in total. The Hall–Kier alpha value is -1.23. The van der Waals surface area contributed by atoms with Crippen LogP contribution in [0, 0.1) is 0 Å². The molecule has 2 heterocycles. The van der Waals surface area contributed by atoms with Gasteiger partial charge in [0, 0.05) is 24.8 Å². The van der Waals surface area contributed by atoms with Gasteiger partial charge in [0.25, 0.3) is 0 Å². The first-order valence-corrected chi connectivity index (χ1v) is 4.13. The zero-order valence-electron chi connectivity index (χ0n) is 6.05. The minimum atomic E-state index is 0.572. The van der Waals surface area contributed by atoms with Gasteiger partial charge in [0.1, 0.15) is 0 Å². The van der Waals surface area contributed by atoms with Crippen molar-refractivity contribution in [3.8, 4) is 5.95 Å². The van der Waals surface area contributed by atoms with Gasteiger partial charge >= 0.3 is 0 Å². The lowest BCUT2D eigenvalue weighted by Crippen LogP contribution is -1.99. The summed E-state index contributed by atoms with van der Waals surface area (Å²) >= 11 is 3.25. The highest BCUT2D eigenvalue weighted by Gasteiger charge is 1.97. The fraction of sp³-hybridized carbons (Fsp3) is 0. The predicted octanol–water partition coefficient (Wildman–Crippen LogP) is 1.42. The molecule has 2 aromatic heterocycles. The summed E-state index contributed by atoms with van der Waals surface area (Å²) in [6.07, 6.45) is 6.85. The van der Waals surface area contributed by atoms with Crippen molar-refractivity contribution in [3.63, 3.8) is 0 Å². The highest BCUT2D eigenvalue weighted by molar-refractivity contribution is 9.10. The van der Waals surface area contributed by atoms with E-state index in [0.29, 0.717) is 5.95 Å². The van der Waals surface area contributed by atoms with Gasteiger partial charge in [0.05, 0.1) is 4.47 Å². The second-order valence-electron chi connectivity index (χ2n) is 2.15. The Kier molecular flexibility index (Phi) is 1.87. The van der Waals surface area contributed by atoms with E-state index in [1.807, 2.05) is 6.07 Å². The largest absolute Gasteiger partial charge is 0.250 e. The monoisotopic (exact) mass is 224 g/mol. The number of hydrogen-bond acceptors (Lipinski definition) is 3. The minimum absolute atomic E-state index is 0.572. The van der Waals surface area contributed by atoms with Crippen LogP contribution in [0.1, 0.15) is 0 Å². The van der Waals surface area contributed by atoms with Crippen LogP contribution in [-0.2, 0) is 0 Å². The van der Waals surface area contributed by atoms with Gasteiger partial charge in [-0.25, -0.2) is 14.6 Å². The number of aromatic nitrogens is 4. The SMILES string of the molecule is Brc1cnc(-n2cccn2)nc1. The van der Waals surface area contributed by atoms with E-state index >= 15 is 0 Å². The molecule has 12 heavy (non-hydrogen) atoms. The normalized spacial score (nSPS) is 10.1. The summed E-state index contributed by atoms with van der Waals surface area (Å²) in [6.45, 7) is 0. The Labute approximate surface area is 77.4 Å². The third kappa shape index (κ3) is 1.35. The van der Waals surface area contributed by atoms with Gasteiger partial charge in [-0.2, -0.15) is 5.10 Å². The van der Waals surface area contributed by atoms with Gasteiger partial charge in [-0.1, -0.05) is 0 Å². The molecule has 60 valence electrons. The summed E-state index contributed by atoms with van der Waals surface area (Å²) in [7, 11) is 0. The molecule has 0 saturated carbocycles. The topological polar surface area (TPSA) is 43.6 Å². The Morgan fingerprint density at radius 2 is 2.00 bits per heavy atom. The molecule has 0 fully saturated rings. The average molecular weight is 225 g/mol. The lowest BCUT2D eigenvalue weighted by Gasteiger charge is -1.96. The van der Waals surface area contributed by atoms with Gasteiger partial charge in [0.15, 0.2) is 0 Å². The molecular formula is C7H5BrN4. The lowest BCUT2D eigenvalue weighted by atomic mass is 10.7. The maximum Gasteiger partial charge on any atom is 0.250 e. The molecule has 0 N–H and O–H groups in total. The number of halogens is 1. The Balaban J connectivity index is 2.43. The second-order valence-corrected chi connectivity index (χ2v) is 3.07. The fourth-order valence-corrected chi connectivity index (χ4v) is 1.02. The summed E-state index contributed by atoms with van der Waals surface area (Å²) < 4.78 is 2.46. The van der Waals surface area contributed by atoms with Crippen molar-refractivity contribution >= 4 is 15.9 Å². The van der Waals surface area contributed by atoms with Crippen LogP contribution in [-0.4, -0.2) is 19.7 Å². The summed E-state index contributed by atoms with van der Waals surface area (Å²) in [5.74, 6) is 0.572. The molecule has 0 aromatic carbocycles. The van der Waals surface area contributed by atoms with Gasteiger partial charge in [0.2, 0.25) is 5.95 Å². The molecule has 0 aliphatic heterocycles. The molecule has 0 amide bonds. The molecule has 2 rings (SSSR count). The Morgan fingerprint density at radius 3 is 2.58 bits per heavy atom. The molecule has 0 aliphatic carbocycles. The van der Waals surface area contributed by atoms with Gasteiger partial charge in [-0.3, -0.25) is 0 Å². The van der Waals surface area contributed by atoms with E-state index in [2.05, 4.69) is 31.0 Å². The highest BCUT2D eigenvalue weighted by atomic mass is 79.9. The highest BCUT2D eigenvalue weighted by Crippen LogP contribution is 2.05. The molecule has 5 heteroatoms. The van der Waals surface area contributed by atoms with Crippen LogP contribution < -0.4 is 0 Å². The zero-order valence-corrected chi connectivity index (χ0v) is 7.64. The number of nitrogens with zero attached hydrogens (tertiary/aromatic N) is 4. The molecule has 0 bridgehead atoms. The minimum Gasteiger partial charge on any atom is -0.218 e. The molecule has 0 atom stereocenters. The van der Waals surface area contributed by atoms with Crippen molar-refractivity contribution in [3.05, 3.63) is 35.3 Å². The van der Waals surface area contributed by atoms with Gasteiger partial charge in [-0.15, -0.1) is 0 Å². The van der Waals surface area contributed by atoms with E-state index in [9.17, 15) is 0 Å². The Bertz CT molecular complexity index is 353. The van der Waals surface area contributed by atoms with Crippen molar-refractivity contribution in [2.24, 2.45) is 0 Å². The van der Waals surface area contributed by atoms with Crippen LogP contribution in [0.15, 0.2) is 35.3 Å². The number of rotatable bonds is 1. The molecule has 0 radical (unpaired) electrons. The van der Waals surface area contributed by atoms with Crippen molar-refractivity contribution < 1.29 is 0 Å². The van der Waals surface area contributed by atoms with Crippen molar-refractivity contribution in [1.82, 2.24) is 19.7 Å². The van der Waals surface area contributed by atoms with E-state index in [4.69, 9.17) is 0 Å². The second kappa shape index (κ2) is 3.02. The van der Waals surface area contributed by atoms with Crippen molar-refractivity contribution in [2.45, 2.75) is 0 Å². The van der Waals surface area contributed by atoms with Crippen LogP contribution in [0.5, 0.6) is 0 Å². The van der Waals surface area contributed by atoms with Gasteiger partial charge < -0.3 is 0 Å². The lowest BCUT2D eigenvalue weighted by molar-refractivity contribution is 0.806. The van der Waals surface area contributed by atoms with Crippen LogP contribution in [0.2, 0.25) is 0 Å². The third-order valence-electron chi connectivity index (χ3n) is 1.32. The van der Waals surface area contributed by atoms with E-state index < -0.39 is 0 Å². The molecule has 0 spiro atoms. The number of hydrogen-bond donors (Lipinski definition) is 0. The molecule has 0 unspecified atom stereocenters. The van der Waals surface area contributed by atoms with E-state index in [0.717, 1.165) is 4.47 Å². The average Bonchev–Trinajstić information content (AvgIpc) is 2.58. The summed E-state index contributed by atoms with van der Waals surface area (Å²) in [6, 6.07) is 1.82. The summed E-state index contributed by atoms with van der Waals surface area (Å²) in [5, 5.41) is 3.99. The van der Waals surface area contributed by atoms with Crippen LogP contribution >= 0.6 is 15.9 Å². The van der Waals surface area contributed by atoms with E-state index in [-0.39, 0.29) is 0 Å². The van der Waals surface area contributed by atoms with Crippen LogP contribution in [0.25, 0.3) is 5.95 Å². The fourth-order valence-electron chi connectivity index (χ4n) is 0.811. The first-order chi connectivity index (χ1) is 5.86. The van der Waals surface area contributed by atoms with E-state index in [1.54, 1.807) is 29.5 Å². The quantitative estimate of drug-likeness (QED) is 0.737. The summed E-state index contributed by atoms with van der Waals surface area (Å²) in [4.78, 5) is 8.13. The summed E-state index contributed by atoms with van der Waals surface area (Å²) in [5.41, 5.74) is 0. The van der Waals surface area contributed by atoms with E-state index in [1.165, 1.54) is 0 Å². The van der Waals surface area contributed by atoms with Crippen molar-refractivity contribution in [1.29, 1.82) is 0 Å². The smallest absolute Gasteiger partial charge is 0.218 e. The standard InChI is InChI=1S/C7H5BrN4/c8-6-4-9-7(10-5-6)12-3-1-2-11-12/h1-5H. The molecule has 0 saturated heterocycles. The molecule has 0 aliphatic rings. The first-order valence-electron chi connectivity index (χ1n) is 3.34. The maximum atomic E-state index is 4.06. The Morgan fingerprint density at radius 1 is 1.25 bits per heavy atom. The van der Waals surface area contributed by atoms with Gasteiger partial charge in [-0.05, 0) is 22.0 Å². The maximum absolute atomic E-state index is 4.06. The first kappa shape index (κ1) is 7.42. The molecular weight excluding hydrogens is 220 g/mol. The third-order valence-corrected chi connectivity index (χ3v) is 1.73. The van der Waals surface area contributed by atoms with Crippen LogP contribution in [0.3, 0.4) is 0 Å². The molecule has 2 aromatic rings. The zero-order chi connectivity index (χ0) is 8.39. The predicted molar refractivity (Wildman–Crippen MR) is 46.9 cm³/mol.